The van der Waals surface area contributed by atoms with Gasteiger partial charge < -0.3 is 0 Å². The van der Waals surface area contributed by atoms with E-state index in [-0.39, 0.29) is 11.6 Å². The molecule has 0 radical (unpaired) electrons. The van der Waals surface area contributed by atoms with E-state index in [1.807, 2.05) is 19.1 Å². The number of Topliss-reactive ketones (excluding diaryl/α,β-unsaturated/α-hetero) is 2. The summed E-state index contributed by atoms with van der Waals surface area (Å²) in [5.41, 5.74) is 2.66. The second kappa shape index (κ2) is 5.96. The van der Waals surface area contributed by atoms with Crippen LogP contribution in [0.4, 0.5) is 0 Å². The molecule has 1 rings (SSSR count). The number of allylic oxidation sites excluding steroid dienone is 1. The first-order valence-electron chi connectivity index (χ1n) is 5.78. The van der Waals surface area contributed by atoms with Crippen LogP contribution in [0.5, 0.6) is 0 Å². The van der Waals surface area contributed by atoms with Crippen LogP contribution in [0.15, 0.2) is 24.8 Å². The van der Waals surface area contributed by atoms with Gasteiger partial charge in [0.05, 0.1) is 5.92 Å². The van der Waals surface area contributed by atoms with Crippen LogP contribution >= 0.6 is 11.6 Å². The number of aryl methyl sites for hydroxylation is 1. The van der Waals surface area contributed by atoms with E-state index in [1.54, 1.807) is 6.07 Å². The van der Waals surface area contributed by atoms with Crippen LogP contribution in [-0.4, -0.2) is 11.6 Å². The molecule has 0 aromatic heterocycles. The number of carbonyl (C=O) groups excluding carboxylic acids is 2. The lowest BCUT2D eigenvalue weighted by Crippen LogP contribution is -2.19. The molecule has 0 heterocycles. The van der Waals surface area contributed by atoms with E-state index in [0.717, 1.165) is 16.7 Å². The van der Waals surface area contributed by atoms with E-state index in [1.165, 1.54) is 13.8 Å². The number of ketones is 2. The van der Waals surface area contributed by atoms with Gasteiger partial charge in [0.25, 0.3) is 0 Å². The fourth-order valence-electron chi connectivity index (χ4n) is 1.80. The molecule has 0 amide bonds. The number of hydrogen-bond acceptors (Lipinski definition) is 2. The van der Waals surface area contributed by atoms with Crippen molar-refractivity contribution in [3.63, 3.8) is 0 Å². The Kier molecular flexibility index (Phi) is 4.85. The maximum atomic E-state index is 11.4. The summed E-state index contributed by atoms with van der Waals surface area (Å²) in [5.74, 6) is -0.822. The van der Waals surface area contributed by atoms with Crippen molar-refractivity contribution in [1.29, 1.82) is 0 Å². The van der Waals surface area contributed by atoms with Crippen molar-refractivity contribution in [1.82, 2.24) is 0 Å². The lowest BCUT2D eigenvalue weighted by molar-refractivity contribution is -0.130. The molecular formula is C15H17ClO2. The Hall–Kier alpha value is -1.41. The standard InChI is InChI=1S/C15H17ClO2/c1-9(8-14(11(3)17)12(4)18)13-5-6-15(16)10(2)7-13/h5-7,14H,1,8H2,2-4H3. The Morgan fingerprint density at radius 2 is 1.83 bits per heavy atom. The summed E-state index contributed by atoms with van der Waals surface area (Å²) in [6, 6.07) is 5.57. The first-order valence-corrected chi connectivity index (χ1v) is 6.16. The number of carbonyl (C=O) groups is 2. The summed E-state index contributed by atoms with van der Waals surface area (Å²) in [6.07, 6.45) is 0.367. The highest BCUT2D eigenvalue weighted by molar-refractivity contribution is 6.31. The first kappa shape index (κ1) is 14.7. The van der Waals surface area contributed by atoms with Crippen LogP contribution in [0.2, 0.25) is 5.02 Å². The van der Waals surface area contributed by atoms with E-state index >= 15 is 0 Å². The van der Waals surface area contributed by atoms with Crippen LogP contribution in [-0.2, 0) is 9.59 Å². The average molecular weight is 265 g/mol. The van der Waals surface area contributed by atoms with Crippen LogP contribution in [0.3, 0.4) is 0 Å². The van der Waals surface area contributed by atoms with Gasteiger partial charge in [-0.25, -0.2) is 0 Å². The molecule has 0 aliphatic heterocycles. The minimum Gasteiger partial charge on any atom is -0.299 e. The molecule has 0 unspecified atom stereocenters. The summed E-state index contributed by atoms with van der Waals surface area (Å²) < 4.78 is 0. The Morgan fingerprint density at radius 1 is 1.28 bits per heavy atom. The van der Waals surface area contributed by atoms with E-state index in [0.29, 0.717) is 11.4 Å². The molecular weight excluding hydrogens is 248 g/mol. The molecule has 0 aliphatic carbocycles. The second-order valence-electron chi connectivity index (χ2n) is 4.55. The van der Waals surface area contributed by atoms with Gasteiger partial charge in [0.15, 0.2) is 0 Å². The maximum Gasteiger partial charge on any atom is 0.140 e. The van der Waals surface area contributed by atoms with Crippen molar-refractivity contribution in [2.24, 2.45) is 5.92 Å². The summed E-state index contributed by atoms with van der Waals surface area (Å²) in [7, 11) is 0. The molecule has 18 heavy (non-hydrogen) atoms. The predicted octanol–water partition coefficient (Wildman–Crippen LogP) is 3.85. The molecule has 0 saturated carbocycles. The lowest BCUT2D eigenvalue weighted by atomic mass is 9.90. The SMILES string of the molecule is C=C(CC(C(C)=O)C(C)=O)c1ccc(Cl)c(C)c1. The zero-order valence-electron chi connectivity index (χ0n) is 10.9. The summed E-state index contributed by atoms with van der Waals surface area (Å²) in [6.45, 7) is 8.74. The molecule has 0 bridgehead atoms. The van der Waals surface area contributed by atoms with Crippen molar-refractivity contribution in [3.05, 3.63) is 40.9 Å². The Morgan fingerprint density at radius 3 is 2.28 bits per heavy atom. The number of rotatable bonds is 5. The zero-order valence-corrected chi connectivity index (χ0v) is 11.7. The molecule has 0 fully saturated rings. The van der Waals surface area contributed by atoms with E-state index in [2.05, 4.69) is 6.58 Å². The largest absolute Gasteiger partial charge is 0.299 e. The van der Waals surface area contributed by atoms with Gasteiger partial charge in [-0.05, 0) is 50.0 Å². The Bertz CT molecular complexity index is 489. The minimum atomic E-state index is -0.589. The molecule has 3 heteroatoms. The van der Waals surface area contributed by atoms with Gasteiger partial charge in [-0.3, -0.25) is 9.59 Å². The van der Waals surface area contributed by atoms with Gasteiger partial charge in [0.1, 0.15) is 11.6 Å². The molecule has 1 aromatic carbocycles. The zero-order chi connectivity index (χ0) is 13.9. The molecule has 2 nitrogen and oxygen atoms in total. The van der Waals surface area contributed by atoms with Gasteiger partial charge in [0.2, 0.25) is 0 Å². The van der Waals surface area contributed by atoms with E-state index < -0.39 is 5.92 Å². The number of halogens is 1. The third-order valence-corrected chi connectivity index (χ3v) is 3.42. The molecule has 0 aliphatic rings. The maximum absolute atomic E-state index is 11.4. The first-order chi connectivity index (χ1) is 8.32. The highest BCUT2D eigenvalue weighted by atomic mass is 35.5. The summed E-state index contributed by atoms with van der Waals surface area (Å²) in [5, 5.41) is 0.696. The molecule has 96 valence electrons. The van der Waals surface area contributed by atoms with Gasteiger partial charge in [0, 0.05) is 5.02 Å². The minimum absolute atomic E-state index is 0.116. The third kappa shape index (κ3) is 3.54. The van der Waals surface area contributed by atoms with Crippen molar-refractivity contribution < 1.29 is 9.59 Å². The van der Waals surface area contributed by atoms with Crippen molar-refractivity contribution >= 4 is 28.7 Å². The highest BCUT2D eigenvalue weighted by Crippen LogP contribution is 2.25. The van der Waals surface area contributed by atoms with Crippen molar-refractivity contribution in [2.75, 3.05) is 0 Å². The van der Waals surface area contributed by atoms with Gasteiger partial charge in [-0.2, -0.15) is 0 Å². The normalized spacial score (nSPS) is 10.5. The summed E-state index contributed by atoms with van der Waals surface area (Å²) in [4.78, 5) is 22.8. The monoisotopic (exact) mass is 264 g/mol. The molecule has 0 N–H and O–H groups in total. The van der Waals surface area contributed by atoms with E-state index in [4.69, 9.17) is 11.6 Å². The Labute approximate surface area is 113 Å². The van der Waals surface area contributed by atoms with Gasteiger partial charge >= 0.3 is 0 Å². The molecule has 0 atom stereocenters. The smallest absolute Gasteiger partial charge is 0.140 e. The number of hydrogen-bond donors (Lipinski definition) is 0. The van der Waals surface area contributed by atoms with Gasteiger partial charge in [-0.15, -0.1) is 0 Å². The van der Waals surface area contributed by atoms with Crippen LogP contribution in [0.25, 0.3) is 5.57 Å². The van der Waals surface area contributed by atoms with Crippen molar-refractivity contribution in [3.8, 4) is 0 Å². The third-order valence-electron chi connectivity index (χ3n) is 3.00. The van der Waals surface area contributed by atoms with Crippen LogP contribution < -0.4 is 0 Å². The summed E-state index contributed by atoms with van der Waals surface area (Å²) >= 11 is 5.95. The highest BCUT2D eigenvalue weighted by Gasteiger charge is 2.20. The van der Waals surface area contributed by atoms with Crippen molar-refractivity contribution in [2.45, 2.75) is 27.2 Å². The molecule has 0 saturated heterocycles. The molecule has 1 aromatic rings. The number of benzene rings is 1. The quantitative estimate of drug-likeness (QED) is 0.757. The van der Waals surface area contributed by atoms with Crippen LogP contribution in [0.1, 0.15) is 31.4 Å². The predicted molar refractivity (Wildman–Crippen MR) is 74.7 cm³/mol. The van der Waals surface area contributed by atoms with Gasteiger partial charge in [-0.1, -0.05) is 30.3 Å². The molecule has 0 spiro atoms. The fourth-order valence-corrected chi connectivity index (χ4v) is 1.92. The topological polar surface area (TPSA) is 34.1 Å². The lowest BCUT2D eigenvalue weighted by Gasteiger charge is -2.13. The Balaban J connectivity index is 2.90. The average Bonchev–Trinajstić information content (AvgIpc) is 2.28. The second-order valence-corrected chi connectivity index (χ2v) is 4.95. The van der Waals surface area contributed by atoms with E-state index in [9.17, 15) is 9.59 Å². The van der Waals surface area contributed by atoms with Crippen LogP contribution in [0, 0.1) is 12.8 Å². The fraction of sp³-hybridized carbons (Fsp3) is 0.333.